The normalized spacial score (nSPS) is 14.0. The highest BCUT2D eigenvalue weighted by atomic mass is 16.6. The second kappa shape index (κ2) is 15.9. The number of carbonyl (C=O) groups is 4. The van der Waals surface area contributed by atoms with E-state index in [4.69, 9.17) is 15.9 Å². The van der Waals surface area contributed by atoms with E-state index < -0.39 is 53.2 Å². The second-order valence-electron chi connectivity index (χ2n) is 12.9. The van der Waals surface area contributed by atoms with Crippen molar-refractivity contribution in [3.05, 3.63) is 77.9 Å². The van der Waals surface area contributed by atoms with Crippen LogP contribution >= 0.6 is 0 Å². The zero-order valence-corrected chi connectivity index (χ0v) is 27.7. The van der Waals surface area contributed by atoms with Gasteiger partial charge in [0.05, 0.1) is 0 Å². The van der Waals surface area contributed by atoms with Gasteiger partial charge in [0, 0.05) is 12.5 Å². The molecule has 0 heterocycles. The van der Waals surface area contributed by atoms with Crippen molar-refractivity contribution in [3.63, 3.8) is 0 Å². The Morgan fingerprint density at radius 2 is 1.58 bits per heavy atom. The number of alkyl carbamates (subject to hydrolysis) is 1. The standard InChI is InChI=1S/C36H47N3O6/c1-11-24(4)29(38-34(43)45-36(8,9)10)32(41)39(13-3)30(27-21-17-20-25(12-2)22-27)31(40)37-28(33(42)44-35(5,6)7)23-26-18-15-14-16-19-26/h3,12,14-22,24,28-30H,2,11,23H2,1,4-10H3,(H,37,40)(H,38,43). The number of carbonyl (C=O) groups excluding carboxylic acids is 4. The molecule has 9 nitrogen and oxygen atoms in total. The Morgan fingerprint density at radius 1 is 0.956 bits per heavy atom. The van der Waals surface area contributed by atoms with Crippen LogP contribution in [0.25, 0.3) is 6.08 Å². The average Bonchev–Trinajstić information content (AvgIpc) is 2.96. The van der Waals surface area contributed by atoms with E-state index in [0.717, 1.165) is 10.5 Å². The lowest BCUT2D eigenvalue weighted by molar-refractivity contribution is -0.159. The van der Waals surface area contributed by atoms with E-state index in [1.165, 1.54) is 0 Å². The third-order valence-electron chi connectivity index (χ3n) is 6.79. The van der Waals surface area contributed by atoms with Crippen LogP contribution in [-0.4, -0.2) is 52.1 Å². The molecule has 0 aliphatic heterocycles. The summed E-state index contributed by atoms with van der Waals surface area (Å²) in [4.78, 5) is 55.5. The van der Waals surface area contributed by atoms with E-state index in [2.05, 4.69) is 23.3 Å². The first-order valence-electron chi connectivity index (χ1n) is 15.1. The number of hydrogen-bond donors (Lipinski definition) is 2. The molecule has 0 aromatic heterocycles. The molecule has 0 spiro atoms. The zero-order chi connectivity index (χ0) is 33.9. The zero-order valence-electron chi connectivity index (χ0n) is 27.7. The van der Waals surface area contributed by atoms with E-state index >= 15 is 0 Å². The lowest BCUT2D eigenvalue weighted by Gasteiger charge is -2.33. The second-order valence-corrected chi connectivity index (χ2v) is 12.9. The van der Waals surface area contributed by atoms with Gasteiger partial charge in [-0.05, 0) is 70.2 Å². The lowest BCUT2D eigenvalue weighted by atomic mass is 9.95. The quantitative estimate of drug-likeness (QED) is 0.177. The molecule has 0 saturated carbocycles. The van der Waals surface area contributed by atoms with E-state index in [1.807, 2.05) is 37.3 Å². The molecular formula is C36H47N3O6. The summed E-state index contributed by atoms with van der Waals surface area (Å²) >= 11 is 0. The summed E-state index contributed by atoms with van der Waals surface area (Å²) in [5.74, 6) is -2.38. The summed E-state index contributed by atoms with van der Waals surface area (Å²) in [6.07, 6.45) is 7.42. The molecule has 2 aromatic rings. The Balaban J connectivity index is 2.59. The smallest absolute Gasteiger partial charge is 0.408 e. The minimum Gasteiger partial charge on any atom is -0.458 e. The van der Waals surface area contributed by atoms with Gasteiger partial charge in [0.1, 0.15) is 29.3 Å². The topological polar surface area (TPSA) is 114 Å². The molecule has 2 N–H and O–H groups in total. The molecule has 242 valence electrons. The largest absolute Gasteiger partial charge is 0.458 e. The third-order valence-corrected chi connectivity index (χ3v) is 6.79. The molecule has 0 bridgehead atoms. The van der Waals surface area contributed by atoms with E-state index in [-0.39, 0.29) is 12.3 Å². The number of amides is 3. The summed E-state index contributed by atoms with van der Waals surface area (Å²) in [5, 5.41) is 5.46. The van der Waals surface area contributed by atoms with Crippen LogP contribution in [0.15, 0.2) is 61.2 Å². The average molecular weight is 618 g/mol. The van der Waals surface area contributed by atoms with Crippen LogP contribution in [0.4, 0.5) is 4.79 Å². The Morgan fingerprint density at radius 3 is 2.11 bits per heavy atom. The molecule has 0 radical (unpaired) electrons. The number of rotatable bonds is 12. The van der Waals surface area contributed by atoms with Gasteiger partial charge in [-0.3, -0.25) is 14.5 Å². The van der Waals surface area contributed by atoms with E-state index in [9.17, 15) is 19.2 Å². The summed E-state index contributed by atoms with van der Waals surface area (Å²) < 4.78 is 11.1. The minimum absolute atomic E-state index is 0.139. The van der Waals surface area contributed by atoms with E-state index in [0.29, 0.717) is 17.5 Å². The molecule has 4 atom stereocenters. The maximum absolute atomic E-state index is 14.2. The van der Waals surface area contributed by atoms with Crippen LogP contribution in [0.1, 0.15) is 84.5 Å². The molecule has 0 aliphatic rings. The molecule has 0 aliphatic carbocycles. The van der Waals surface area contributed by atoms with Gasteiger partial charge >= 0.3 is 12.1 Å². The molecule has 3 amide bonds. The predicted octanol–water partition coefficient (Wildman–Crippen LogP) is 5.80. The van der Waals surface area contributed by atoms with Crippen molar-refractivity contribution < 1.29 is 28.7 Å². The number of terminal acetylenes is 1. The van der Waals surface area contributed by atoms with Crippen LogP contribution in [-0.2, 0) is 30.3 Å². The first-order chi connectivity index (χ1) is 21.0. The van der Waals surface area contributed by atoms with E-state index in [1.54, 1.807) is 78.8 Å². The molecule has 45 heavy (non-hydrogen) atoms. The fourth-order valence-corrected chi connectivity index (χ4v) is 4.47. The van der Waals surface area contributed by atoms with Gasteiger partial charge in [-0.25, -0.2) is 9.59 Å². The van der Waals surface area contributed by atoms with Gasteiger partial charge in [-0.15, -0.1) is 0 Å². The molecule has 2 rings (SSSR count). The number of nitrogens with zero attached hydrogens (tertiary/aromatic N) is 1. The van der Waals surface area contributed by atoms with Gasteiger partial charge in [0.15, 0.2) is 0 Å². The highest BCUT2D eigenvalue weighted by Gasteiger charge is 2.39. The van der Waals surface area contributed by atoms with Crippen LogP contribution in [0.2, 0.25) is 0 Å². The molecule has 4 unspecified atom stereocenters. The summed E-state index contributed by atoms with van der Waals surface area (Å²) in [6, 6.07) is 14.9. The number of esters is 1. The van der Waals surface area contributed by atoms with Crippen molar-refractivity contribution in [2.24, 2.45) is 5.92 Å². The maximum Gasteiger partial charge on any atom is 0.408 e. The van der Waals surface area contributed by atoms with Gasteiger partial charge < -0.3 is 20.1 Å². The van der Waals surface area contributed by atoms with Crippen molar-refractivity contribution in [2.75, 3.05) is 0 Å². The molecule has 0 fully saturated rings. The summed E-state index contributed by atoms with van der Waals surface area (Å²) in [7, 11) is 0. The highest BCUT2D eigenvalue weighted by Crippen LogP contribution is 2.26. The Bertz CT molecular complexity index is 1380. The Kier molecular flexibility index (Phi) is 13.0. The molecule has 9 heteroatoms. The van der Waals surface area contributed by atoms with Crippen LogP contribution < -0.4 is 10.6 Å². The number of benzene rings is 2. The van der Waals surface area contributed by atoms with Crippen molar-refractivity contribution in [1.82, 2.24) is 15.5 Å². The first kappa shape index (κ1) is 36.6. The monoisotopic (exact) mass is 617 g/mol. The van der Waals surface area contributed by atoms with Gasteiger partial charge in [-0.1, -0.05) is 87.9 Å². The van der Waals surface area contributed by atoms with Crippen LogP contribution in [0.3, 0.4) is 0 Å². The first-order valence-corrected chi connectivity index (χ1v) is 15.1. The Labute approximate surface area is 267 Å². The summed E-state index contributed by atoms with van der Waals surface area (Å²) in [6.45, 7) is 17.8. The third kappa shape index (κ3) is 11.5. The van der Waals surface area contributed by atoms with Gasteiger partial charge in [0.2, 0.25) is 5.91 Å². The fraction of sp³-hybridized carbons (Fsp3) is 0.444. The minimum atomic E-state index is -1.37. The molecular weight excluding hydrogens is 570 g/mol. The Hall–Kier alpha value is -4.58. The van der Waals surface area contributed by atoms with Crippen molar-refractivity contribution in [2.45, 2.75) is 97.6 Å². The molecule has 0 saturated heterocycles. The SMILES string of the molecule is C#CN(C(=O)C(NC(=O)OC(C)(C)C)C(C)CC)C(C(=O)NC(Cc1ccccc1)C(=O)OC(C)(C)C)c1cccc(C=C)c1. The molecule has 2 aromatic carbocycles. The number of ether oxygens (including phenoxy) is 2. The van der Waals surface area contributed by atoms with Gasteiger partial charge in [-0.2, -0.15) is 0 Å². The van der Waals surface area contributed by atoms with Crippen molar-refractivity contribution >= 4 is 30.0 Å². The number of nitrogens with one attached hydrogen (secondary N) is 2. The van der Waals surface area contributed by atoms with Gasteiger partial charge in [0.25, 0.3) is 5.91 Å². The summed E-state index contributed by atoms with van der Waals surface area (Å²) in [5.41, 5.74) is 0.253. The fourth-order valence-electron chi connectivity index (χ4n) is 4.47. The highest BCUT2D eigenvalue weighted by molar-refractivity contribution is 5.95. The van der Waals surface area contributed by atoms with Crippen molar-refractivity contribution in [1.29, 1.82) is 0 Å². The van der Waals surface area contributed by atoms with Crippen molar-refractivity contribution in [3.8, 4) is 12.5 Å². The van der Waals surface area contributed by atoms with Crippen LogP contribution in [0, 0.1) is 18.4 Å². The predicted molar refractivity (Wildman–Crippen MR) is 175 cm³/mol. The maximum atomic E-state index is 14.2. The lowest BCUT2D eigenvalue weighted by Crippen LogP contribution is -2.55. The number of hydrogen-bond acceptors (Lipinski definition) is 6. The van der Waals surface area contributed by atoms with Crippen LogP contribution in [0.5, 0.6) is 0 Å².